The van der Waals surface area contributed by atoms with Crippen molar-refractivity contribution < 1.29 is 27.2 Å². The van der Waals surface area contributed by atoms with Gasteiger partial charge in [-0.3, -0.25) is 9.59 Å². The number of carbonyl (C=O) groups is 2. The van der Waals surface area contributed by atoms with Gasteiger partial charge in [-0.15, -0.1) is 0 Å². The van der Waals surface area contributed by atoms with Crippen molar-refractivity contribution >= 4 is 49.5 Å². The molecule has 1 aromatic heterocycles. The summed E-state index contributed by atoms with van der Waals surface area (Å²) in [5.74, 6) is -1.03. The van der Waals surface area contributed by atoms with Crippen molar-refractivity contribution in [3.05, 3.63) is 66.2 Å². The van der Waals surface area contributed by atoms with Crippen molar-refractivity contribution in [3.63, 3.8) is 0 Å². The molecule has 0 radical (unpaired) electrons. The van der Waals surface area contributed by atoms with E-state index in [0.717, 1.165) is 10.8 Å². The minimum atomic E-state index is -4.13. The summed E-state index contributed by atoms with van der Waals surface area (Å²) in [4.78, 5) is 25.6. The topological polar surface area (TPSA) is 106 Å². The molecule has 8 nitrogen and oxygen atoms in total. The molecular formula is C23H18N2O6S. The quantitative estimate of drug-likeness (QED) is 0.507. The summed E-state index contributed by atoms with van der Waals surface area (Å²) in [5.41, 5.74) is 1.58. The molecule has 1 aliphatic heterocycles. The van der Waals surface area contributed by atoms with E-state index in [1.165, 1.54) is 32.2 Å². The minimum Gasteiger partial charge on any atom is -0.495 e. The van der Waals surface area contributed by atoms with Crippen LogP contribution in [0.5, 0.6) is 5.75 Å². The number of ether oxygens (including phenoxy) is 1. The van der Waals surface area contributed by atoms with E-state index in [4.69, 9.17) is 9.15 Å². The number of methoxy groups -OCH3 is 1. The zero-order valence-corrected chi connectivity index (χ0v) is 18.0. The molecule has 1 N–H and O–H groups in total. The van der Waals surface area contributed by atoms with Crippen LogP contribution < -0.4 is 10.1 Å². The number of nitrogens with zero attached hydrogens (tertiary/aromatic N) is 1. The predicted molar refractivity (Wildman–Crippen MR) is 118 cm³/mol. The second kappa shape index (κ2) is 7.10. The van der Waals surface area contributed by atoms with E-state index in [9.17, 15) is 18.0 Å². The molecule has 0 saturated carbocycles. The van der Waals surface area contributed by atoms with Crippen molar-refractivity contribution in [3.8, 4) is 5.75 Å². The Labute approximate surface area is 183 Å². The molecule has 1 atom stereocenters. The maximum absolute atomic E-state index is 13.0. The number of fused-ring (bicyclic) bond motifs is 4. The van der Waals surface area contributed by atoms with Crippen molar-refractivity contribution in [1.29, 1.82) is 0 Å². The molecule has 2 heterocycles. The molecule has 2 amide bonds. The first-order valence-electron chi connectivity index (χ1n) is 9.81. The highest BCUT2D eigenvalue weighted by Crippen LogP contribution is 2.37. The molecule has 5 rings (SSSR count). The van der Waals surface area contributed by atoms with Gasteiger partial charge in [-0.2, -0.15) is 0 Å². The van der Waals surface area contributed by atoms with Gasteiger partial charge in [0.15, 0.2) is 0 Å². The Kier molecular flexibility index (Phi) is 4.45. The van der Waals surface area contributed by atoms with Crippen LogP contribution in [-0.4, -0.2) is 37.7 Å². The van der Waals surface area contributed by atoms with Crippen molar-refractivity contribution in [2.45, 2.75) is 17.9 Å². The Balaban J connectivity index is 1.50. The van der Waals surface area contributed by atoms with Gasteiger partial charge in [-0.1, -0.05) is 30.3 Å². The lowest BCUT2D eigenvalue weighted by molar-refractivity contribution is -0.118. The summed E-state index contributed by atoms with van der Waals surface area (Å²) in [6, 6.07) is 15.5. The summed E-state index contributed by atoms with van der Waals surface area (Å²) in [7, 11) is -2.66. The number of nitrogens with one attached hydrogen (secondary N) is 1. The lowest BCUT2D eigenvalue weighted by atomic mass is 10.1. The molecule has 3 aromatic carbocycles. The lowest BCUT2D eigenvalue weighted by Crippen LogP contribution is -2.45. The monoisotopic (exact) mass is 450 g/mol. The Bertz CT molecular complexity index is 1520. The van der Waals surface area contributed by atoms with E-state index in [-0.39, 0.29) is 10.5 Å². The van der Waals surface area contributed by atoms with Gasteiger partial charge in [-0.05, 0) is 31.2 Å². The summed E-state index contributed by atoms with van der Waals surface area (Å²) >= 11 is 0. The van der Waals surface area contributed by atoms with Crippen molar-refractivity contribution in [2.75, 3.05) is 12.4 Å². The zero-order valence-electron chi connectivity index (χ0n) is 17.2. The molecule has 0 spiro atoms. The molecule has 0 fully saturated rings. The van der Waals surface area contributed by atoms with Crippen molar-refractivity contribution in [1.82, 2.24) is 4.31 Å². The molecule has 0 aliphatic carbocycles. The molecule has 0 saturated heterocycles. The number of benzene rings is 3. The van der Waals surface area contributed by atoms with Gasteiger partial charge in [0.05, 0.1) is 18.4 Å². The molecule has 32 heavy (non-hydrogen) atoms. The second-order valence-corrected chi connectivity index (χ2v) is 9.20. The van der Waals surface area contributed by atoms with Gasteiger partial charge in [0.25, 0.3) is 15.9 Å². The average molecular weight is 450 g/mol. The normalized spacial score (nSPS) is 15.7. The van der Waals surface area contributed by atoms with E-state index in [2.05, 4.69) is 5.32 Å². The Morgan fingerprint density at radius 1 is 1.03 bits per heavy atom. The van der Waals surface area contributed by atoms with E-state index in [0.29, 0.717) is 26.9 Å². The fourth-order valence-corrected chi connectivity index (χ4v) is 5.67. The largest absolute Gasteiger partial charge is 0.495 e. The number of rotatable bonds is 4. The number of amides is 2. The number of hydrogen-bond acceptors (Lipinski definition) is 6. The Morgan fingerprint density at radius 2 is 1.75 bits per heavy atom. The SMILES string of the molecule is COc1cc2c(cc1NC(=O)[C@@H](C)N1C(=O)c3ccccc3S1(=O)=O)oc1ccccc12. The second-order valence-electron chi connectivity index (χ2n) is 7.41. The highest BCUT2D eigenvalue weighted by molar-refractivity contribution is 7.90. The maximum Gasteiger partial charge on any atom is 0.269 e. The number of para-hydroxylation sites is 1. The van der Waals surface area contributed by atoms with Crippen LogP contribution in [0.15, 0.2) is 70.0 Å². The van der Waals surface area contributed by atoms with Crippen LogP contribution in [0.1, 0.15) is 17.3 Å². The van der Waals surface area contributed by atoms with Crippen LogP contribution in [0.25, 0.3) is 21.9 Å². The number of anilines is 1. The first-order chi connectivity index (χ1) is 15.3. The molecule has 0 unspecified atom stereocenters. The average Bonchev–Trinajstić information content (AvgIpc) is 3.24. The van der Waals surface area contributed by atoms with E-state index < -0.39 is 27.9 Å². The van der Waals surface area contributed by atoms with Crippen LogP contribution in [0, 0.1) is 0 Å². The highest BCUT2D eigenvalue weighted by atomic mass is 32.2. The molecule has 4 aromatic rings. The van der Waals surface area contributed by atoms with E-state index in [1.807, 2.05) is 24.3 Å². The molecule has 0 bridgehead atoms. The van der Waals surface area contributed by atoms with E-state index >= 15 is 0 Å². The summed E-state index contributed by atoms with van der Waals surface area (Å²) in [6.45, 7) is 1.36. The molecule has 1 aliphatic rings. The van der Waals surface area contributed by atoms with Crippen LogP contribution >= 0.6 is 0 Å². The van der Waals surface area contributed by atoms with Gasteiger partial charge in [-0.25, -0.2) is 12.7 Å². The zero-order chi connectivity index (χ0) is 22.6. The van der Waals surface area contributed by atoms with Crippen LogP contribution in [0.3, 0.4) is 0 Å². The Hall–Kier alpha value is -3.85. The van der Waals surface area contributed by atoms with Crippen LogP contribution in [0.2, 0.25) is 0 Å². The molecule has 9 heteroatoms. The fourth-order valence-electron chi connectivity index (χ4n) is 3.95. The first kappa shape index (κ1) is 20.1. The third-order valence-electron chi connectivity index (χ3n) is 5.54. The van der Waals surface area contributed by atoms with Crippen LogP contribution in [0.4, 0.5) is 5.69 Å². The number of furan rings is 1. The highest BCUT2D eigenvalue weighted by Gasteiger charge is 2.45. The van der Waals surface area contributed by atoms with Gasteiger partial charge >= 0.3 is 0 Å². The summed E-state index contributed by atoms with van der Waals surface area (Å²) in [6.07, 6.45) is 0. The van der Waals surface area contributed by atoms with Crippen molar-refractivity contribution in [2.24, 2.45) is 0 Å². The third-order valence-corrected chi connectivity index (χ3v) is 7.45. The van der Waals surface area contributed by atoms with Gasteiger partial charge < -0.3 is 14.5 Å². The predicted octanol–water partition coefficient (Wildman–Crippen LogP) is 3.77. The van der Waals surface area contributed by atoms with Gasteiger partial charge in [0.1, 0.15) is 27.9 Å². The van der Waals surface area contributed by atoms with Gasteiger partial charge in [0, 0.05) is 16.8 Å². The van der Waals surface area contributed by atoms with Crippen LogP contribution in [-0.2, 0) is 14.8 Å². The summed E-state index contributed by atoms with van der Waals surface area (Å²) in [5, 5.41) is 4.39. The fraction of sp³-hybridized carbons (Fsp3) is 0.130. The van der Waals surface area contributed by atoms with E-state index in [1.54, 1.807) is 18.2 Å². The number of hydrogen-bond donors (Lipinski definition) is 1. The smallest absolute Gasteiger partial charge is 0.269 e. The molecule has 162 valence electrons. The summed E-state index contributed by atoms with van der Waals surface area (Å²) < 4.78 is 37.7. The maximum atomic E-state index is 13.0. The van der Waals surface area contributed by atoms with Gasteiger partial charge in [0.2, 0.25) is 5.91 Å². The third kappa shape index (κ3) is 2.85. The number of carbonyl (C=O) groups excluding carboxylic acids is 2. The standard InChI is InChI=1S/C23H18N2O6S/c1-13(25-23(27)15-8-4-6-10-21(15)32(25,28)29)22(26)24-17-12-19-16(11-20(17)30-2)14-7-3-5-9-18(14)31-19/h3-13H,1-2H3,(H,24,26)/t13-/m1/s1. The molecular weight excluding hydrogens is 432 g/mol. The first-order valence-corrected chi connectivity index (χ1v) is 11.2. The lowest BCUT2D eigenvalue weighted by Gasteiger charge is -2.22. The Morgan fingerprint density at radius 3 is 2.50 bits per heavy atom. The number of sulfonamides is 1. The minimum absolute atomic E-state index is 0.0495.